The molecule has 0 radical (unpaired) electrons. The summed E-state index contributed by atoms with van der Waals surface area (Å²) in [7, 11) is 1.23. The normalized spacial score (nSPS) is 12.5. The highest BCUT2D eigenvalue weighted by Crippen LogP contribution is 2.35. The van der Waals surface area contributed by atoms with Crippen molar-refractivity contribution in [1.82, 2.24) is 4.57 Å². The molecule has 3 rings (SSSR count). The lowest BCUT2D eigenvalue weighted by Gasteiger charge is -2.10. The Morgan fingerprint density at radius 1 is 1.09 bits per heavy atom. The van der Waals surface area contributed by atoms with E-state index in [0.29, 0.717) is 29.5 Å². The third kappa shape index (κ3) is 4.57. The molecule has 2 aromatic carbocycles. The predicted molar refractivity (Wildman–Crippen MR) is 123 cm³/mol. The molecule has 10 heteroatoms. The van der Waals surface area contributed by atoms with Crippen molar-refractivity contribution in [2.45, 2.75) is 30.5 Å². The summed E-state index contributed by atoms with van der Waals surface area (Å²) in [5, 5.41) is -0.594. The van der Waals surface area contributed by atoms with Crippen LogP contribution in [0.3, 0.4) is 0 Å². The molecule has 0 fully saturated rings. The Balaban J connectivity index is 2.19. The minimum absolute atomic E-state index is 0.0977. The molecule has 32 heavy (non-hydrogen) atoms. The standard InChI is InChI=1S/C22H26N2O6S2/c1-14(2)32(26,27)16-8-6-7-15(13-16)21(25)23-22-24(11-12-28-3)19-17(29-4)9-10-18(30-5)20(19)31-22/h6-10,13-14H,11-12H2,1-5H3. The topological polar surface area (TPSA) is 96.2 Å². The molecule has 0 saturated carbocycles. The summed E-state index contributed by atoms with van der Waals surface area (Å²) < 4.78 is 43.9. The SMILES string of the molecule is COCCn1c(=NC(=O)c2cccc(S(=O)(=O)C(C)C)c2)sc2c(OC)ccc(OC)c21. The molecule has 0 saturated heterocycles. The van der Waals surface area contributed by atoms with Crippen molar-refractivity contribution in [2.24, 2.45) is 4.99 Å². The molecular weight excluding hydrogens is 452 g/mol. The van der Waals surface area contributed by atoms with Crippen molar-refractivity contribution in [1.29, 1.82) is 0 Å². The largest absolute Gasteiger partial charge is 0.495 e. The Labute approximate surface area is 191 Å². The van der Waals surface area contributed by atoms with Crippen LogP contribution in [0.15, 0.2) is 46.3 Å². The first-order valence-corrected chi connectivity index (χ1v) is 12.3. The Kier molecular flexibility index (Phi) is 7.37. The summed E-state index contributed by atoms with van der Waals surface area (Å²) in [6.07, 6.45) is 0. The van der Waals surface area contributed by atoms with Crippen LogP contribution >= 0.6 is 11.3 Å². The van der Waals surface area contributed by atoms with E-state index in [1.165, 1.54) is 23.5 Å². The van der Waals surface area contributed by atoms with Crippen LogP contribution in [-0.2, 0) is 21.1 Å². The van der Waals surface area contributed by atoms with Crippen LogP contribution in [0.25, 0.3) is 10.2 Å². The Morgan fingerprint density at radius 2 is 1.78 bits per heavy atom. The van der Waals surface area contributed by atoms with Crippen LogP contribution in [0.2, 0.25) is 0 Å². The first-order chi connectivity index (χ1) is 15.2. The van der Waals surface area contributed by atoms with Crippen molar-refractivity contribution in [3.63, 3.8) is 0 Å². The van der Waals surface area contributed by atoms with Gasteiger partial charge in [0.05, 0.1) is 31.0 Å². The van der Waals surface area contributed by atoms with Crippen molar-refractivity contribution in [3.05, 3.63) is 46.8 Å². The van der Waals surface area contributed by atoms with E-state index < -0.39 is 21.0 Å². The van der Waals surface area contributed by atoms with Crippen LogP contribution in [0, 0.1) is 0 Å². The molecule has 1 aromatic heterocycles. The van der Waals surface area contributed by atoms with E-state index in [0.717, 1.165) is 10.2 Å². The maximum atomic E-state index is 13.0. The zero-order chi connectivity index (χ0) is 23.5. The zero-order valence-electron chi connectivity index (χ0n) is 18.6. The van der Waals surface area contributed by atoms with E-state index in [2.05, 4.69) is 4.99 Å². The van der Waals surface area contributed by atoms with Crippen LogP contribution in [0.1, 0.15) is 24.2 Å². The van der Waals surface area contributed by atoms with E-state index in [-0.39, 0.29) is 10.5 Å². The molecule has 0 aliphatic carbocycles. The second-order valence-corrected chi connectivity index (χ2v) is 10.7. The molecule has 1 amide bonds. The molecule has 0 bridgehead atoms. The molecule has 0 atom stereocenters. The third-order valence-electron chi connectivity index (χ3n) is 4.94. The molecule has 0 spiro atoms. The number of methoxy groups -OCH3 is 3. The monoisotopic (exact) mass is 478 g/mol. The summed E-state index contributed by atoms with van der Waals surface area (Å²) in [4.78, 5) is 17.9. The number of benzene rings is 2. The fourth-order valence-corrected chi connectivity index (χ4v) is 5.43. The molecule has 0 aliphatic rings. The van der Waals surface area contributed by atoms with Gasteiger partial charge >= 0.3 is 0 Å². The van der Waals surface area contributed by atoms with Crippen LogP contribution < -0.4 is 14.3 Å². The van der Waals surface area contributed by atoms with Gasteiger partial charge in [-0.25, -0.2) is 8.42 Å². The Morgan fingerprint density at radius 3 is 2.41 bits per heavy atom. The number of hydrogen-bond acceptors (Lipinski definition) is 7. The summed E-state index contributed by atoms with van der Waals surface area (Å²) in [5.41, 5.74) is 0.943. The number of nitrogens with zero attached hydrogens (tertiary/aromatic N) is 2. The highest BCUT2D eigenvalue weighted by Gasteiger charge is 2.21. The van der Waals surface area contributed by atoms with E-state index in [1.54, 1.807) is 59.4 Å². The van der Waals surface area contributed by atoms with Gasteiger partial charge in [-0.05, 0) is 44.2 Å². The smallest absolute Gasteiger partial charge is 0.279 e. The van der Waals surface area contributed by atoms with Gasteiger partial charge in [-0.3, -0.25) is 4.79 Å². The zero-order valence-corrected chi connectivity index (χ0v) is 20.2. The average Bonchev–Trinajstić information content (AvgIpc) is 3.14. The molecule has 1 heterocycles. The molecule has 0 N–H and O–H groups in total. The molecule has 0 aliphatic heterocycles. The van der Waals surface area contributed by atoms with Crippen molar-refractivity contribution in [2.75, 3.05) is 27.9 Å². The summed E-state index contributed by atoms with van der Waals surface area (Å²) >= 11 is 1.29. The summed E-state index contributed by atoms with van der Waals surface area (Å²) in [5.74, 6) is 0.712. The Hall–Kier alpha value is -2.69. The average molecular weight is 479 g/mol. The second-order valence-electron chi connectivity index (χ2n) is 7.22. The maximum absolute atomic E-state index is 13.0. The molecule has 0 unspecified atom stereocenters. The number of aromatic nitrogens is 1. The number of fused-ring (bicyclic) bond motifs is 1. The number of sulfone groups is 1. The van der Waals surface area contributed by atoms with Crippen molar-refractivity contribution < 1.29 is 27.4 Å². The fourth-order valence-electron chi connectivity index (χ4n) is 3.16. The third-order valence-corrected chi connectivity index (χ3v) is 8.18. The predicted octanol–water partition coefficient (Wildman–Crippen LogP) is 3.29. The number of ether oxygens (including phenoxy) is 3. The first-order valence-electron chi connectivity index (χ1n) is 9.90. The number of carbonyl (C=O) groups is 1. The van der Waals surface area contributed by atoms with Gasteiger partial charge in [0.1, 0.15) is 21.7 Å². The Bertz CT molecular complexity index is 1310. The molecule has 172 valence electrons. The number of carbonyl (C=O) groups excluding carboxylic acids is 1. The molecular formula is C22H26N2O6S2. The number of amides is 1. The van der Waals surface area contributed by atoms with Gasteiger partial charge in [0.15, 0.2) is 14.6 Å². The van der Waals surface area contributed by atoms with Gasteiger partial charge in [0.25, 0.3) is 5.91 Å². The van der Waals surface area contributed by atoms with Gasteiger partial charge in [-0.2, -0.15) is 4.99 Å². The molecule has 8 nitrogen and oxygen atoms in total. The fraction of sp³-hybridized carbons (Fsp3) is 0.364. The van der Waals surface area contributed by atoms with Gasteiger partial charge < -0.3 is 18.8 Å². The lowest BCUT2D eigenvalue weighted by molar-refractivity contribution is 0.0997. The highest BCUT2D eigenvalue weighted by molar-refractivity contribution is 7.92. The lowest BCUT2D eigenvalue weighted by Crippen LogP contribution is -2.20. The highest BCUT2D eigenvalue weighted by atomic mass is 32.2. The van der Waals surface area contributed by atoms with E-state index in [1.807, 2.05) is 4.57 Å². The number of hydrogen-bond donors (Lipinski definition) is 0. The quantitative estimate of drug-likeness (QED) is 0.493. The minimum Gasteiger partial charge on any atom is -0.495 e. The van der Waals surface area contributed by atoms with Crippen molar-refractivity contribution >= 4 is 37.3 Å². The second kappa shape index (κ2) is 9.85. The minimum atomic E-state index is -3.51. The maximum Gasteiger partial charge on any atom is 0.279 e. The van der Waals surface area contributed by atoms with Crippen LogP contribution in [0.5, 0.6) is 11.5 Å². The van der Waals surface area contributed by atoms with E-state index in [4.69, 9.17) is 14.2 Å². The summed E-state index contributed by atoms with van der Waals surface area (Å²) in [6, 6.07) is 9.55. The first kappa shape index (κ1) is 24.0. The van der Waals surface area contributed by atoms with Gasteiger partial charge in [0, 0.05) is 19.2 Å². The van der Waals surface area contributed by atoms with Gasteiger partial charge in [-0.1, -0.05) is 17.4 Å². The van der Waals surface area contributed by atoms with E-state index in [9.17, 15) is 13.2 Å². The number of thiazole rings is 1. The van der Waals surface area contributed by atoms with E-state index >= 15 is 0 Å². The van der Waals surface area contributed by atoms with Crippen LogP contribution in [-0.4, -0.2) is 52.1 Å². The van der Waals surface area contributed by atoms with Gasteiger partial charge in [-0.15, -0.1) is 0 Å². The van der Waals surface area contributed by atoms with Crippen LogP contribution in [0.4, 0.5) is 0 Å². The molecule has 3 aromatic rings. The van der Waals surface area contributed by atoms with Crippen molar-refractivity contribution in [3.8, 4) is 11.5 Å². The number of rotatable bonds is 8. The summed E-state index contributed by atoms with van der Waals surface area (Å²) in [6.45, 7) is 4.04. The lowest BCUT2D eigenvalue weighted by atomic mass is 10.2. The van der Waals surface area contributed by atoms with Gasteiger partial charge in [0.2, 0.25) is 0 Å².